The van der Waals surface area contributed by atoms with Gasteiger partial charge in [-0.3, -0.25) is 0 Å². The summed E-state index contributed by atoms with van der Waals surface area (Å²) in [6.45, 7) is 0. The quantitative estimate of drug-likeness (QED) is 0.154. The third kappa shape index (κ3) is 5.62. The van der Waals surface area contributed by atoms with E-state index in [1.165, 1.54) is 85.9 Å². The zero-order valence-electron chi connectivity index (χ0n) is 30.6. The average Bonchev–Trinajstić information content (AvgIpc) is 3.65. The number of thiophene rings is 1. The number of benzene rings is 10. The third-order valence-corrected chi connectivity index (χ3v) is 12.4. The summed E-state index contributed by atoms with van der Waals surface area (Å²) in [5, 5.41) is 10.2. The summed E-state index contributed by atoms with van der Waals surface area (Å²) >= 11 is 1.86. The van der Waals surface area contributed by atoms with Crippen molar-refractivity contribution in [1.29, 1.82) is 0 Å². The molecule has 0 aliphatic rings. The second-order valence-electron chi connectivity index (χ2n) is 14.5. The van der Waals surface area contributed by atoms with E-state index in [4.69, 9.17) is 0 Å². The van der Waals surface area contributed by atoms with Gasteiger partial charge in [0.25, 0.3) is 0 Å². The molecule has 11 aromatic rings. The van der Waals surface area contributed by atoms with E-state index in [2.05, 4.69) is 217 Å². The minimum Gasteiger partial charge on any atom is -0.310 e. The summed E-state index contributed by atoms with van der Waals surface area (Å²) in [5.74, 6) is 0. The van der Waals surface area contributed by atoms with E-state index in [0.29, 0.717) is 0 Å². The Morgan fingerprint density at radius 1 is 0.268 bits per heavy atom. The van der Waals surface area contributed by atoms with E-state index < -0.39 is 0 Å². The van der Waals surface area contributed by atoms with Gasteiger partial charge in [-0.25, -0.2) is 0 Å². The van der Waals surface area contributed by atoms with Crippen molar-refractivity contribution in [2.75, 3.05) is 4.90 Å². The molecule has 0 aliphatic heterocycles. The second kappa shape index (κ2) is 13.4. The van der Waals surface area contributed by atoms with Gasteiger partial charge in [0.15, 0.2) is 0 Å². The maximum absolute atomic E-state index is 2.40. The normalized spacial score (nSPS) is 11.6. The maximum Gasteiger partial charge on any atom is 0.0467 e. The van der Waals surface area contributed by atoms with Crippen LogP contribution in [0.15, 0.2) is 212 Å². The fourth-order valence-corrected chi connectivity index (χ4v) is 9.54. The molecule has 0 aliphatic carbocycles. The van der Waals surface area contributed by atoms with E-state index in [-0.39, 0.29) is 0 Å². The molecule has 1 aromatic heterocycles. The number of hydrogen-bond acceptors (Lipinski definition) is 2. The molecule has 1 nitrogen and oxygen atoms in total. The molecule has 0 saturated carbocycles. The van der Waals surface area contributed by atoms with E-state index in [1.54, 1.807) is 0 Å². The predicted molar refractivity (Wildman–Crippen MR) is 243 cm³/mol. The number of fused-ring (bicyclic) bond motifs is 7. The molecule has 262 valence electrons. The smallest absolute Gasteiger partial charge is 0.0467 e. The first-order valence-electron chi connectivity index (χ1n) is 19.2. The minimum atomic E-state index is 1.10. The van der Waals surface area contributed by atoms with Gasteiger partial charge in [0, 0.05) is 37.2 Å². The Morgan fingerprint density at radius 2 is 0.839 bits per heavy atom. The zero-order valence-corrected chi connectivity index (χ0v) is 31.4. The Labute approximate surface area is 330 Å². The lowest BCUT2D eigenvalue weighted by Crippen LogP contribution is -2.10. The summed E-state index contributed by atoms with van der Waals surface area (Å²) in [7, 11) is 0. The van der Waals surface area contributed by atoms with Crippen LogP contribution in [-0.2, 0) is 0 Å². The van der Waals surface area contributed by atoms with Gasteiger partial charge in [0.05, 0.1) is 0 Å². The van der Waals surface area contributed by atoms with Gasteiger partial charge >= 0.3 is 0 Å². The fraction of sp³-hybridized carbons (Fsp3) is 0. The maximum atomic E-state index is 2.40. The Morgan fingerprint density at radius 3 is 1.66 bits per heavy atom. The van der Waals surface area contributed by atoms with E-state index >= 15 is 0 Å². The Bertz CT molecular complexity index is 3260. The molecule has 0 spiro atoms. The minimum absolute atomic E-state index is 1.10. The molecule has 10 aromatic carbocycles. The molecular weight excluding hydrogens is 695 g/mol. The number of anilines is 3. The SMILES string of the molecule is c1cc(-c2ccc3ccccc3c2)cc(N(c2ccc(-c3ccc4sc5ccccc5c4c3)cc2)c2cccc(-c3cc4ccccc4c4ccccc34)c2)c1. The summed E-state index contributed by atoms with van der Waals surface area (Å²) < 4.78 is 2.65. The van der Waals surface area contributed by atoms with Gasteiger partial charge in [0.2, 0.25) is 0 Å². The zero-order chi connectivity index (χ0) is 37.0. The van der Waals surface area contributed by atoms with Crippen LogP contribution in [0.5, 0.6) is 0 Å². The van der Waals surface area contributed by atoms with E-state index in [9.17, 15) is 0 Å². The molecule has 0 radical (unpaired) electrons. The van der Waals surface area contributed by atoms with Gasteiger partial charge < -0.3 is 4.90 Å². The molecular formula is C54H35NS. The van der Waals surface area contributed by atoms with E-state index in [1.807, 2.05) is 11.3 Å². The largest absolute Gasteiger partial charge is 0.310 e. The molecule has 0 amide bonds. The van der Waals surface area contributed by atoms with Gasteiger partial charge in [-0.1, -0.05) is 146 Å². The van der Waals surface area contributed by atoms with Crippen LogP contribution >= 0.6 is 11.3 Å². The van der Waals surface area contributed by atoms with Crippen LogP contribution in [0.25, 0.3) is 85.9 Å². The van der Waals surface area contributed by atoms with Crippen molar-refractivity contribution in [3.05, 3.63) is 212 Å². The Hall–Kier alpha value is -7.00. The van der Waals surface area contributed by atoms with Crippen molar-refractivity contribution < 1.29 is 0 Å². The Balaban J connectivity index is 1.05. The van der Waals surface area contributed by atoms with Crippen LogP contribution in [0, 0.1) is 0 Å². The molecule has 0 N–H and O–H groups in total. The highest BCUT2D eigenvalue weighted by molar-refractivity contribution is 7.25. The fourth-order valence-electron chi connectivity index (χ4n) is 8.45. The lowest BCUT2D eigenvalue weighted by atomic mass is 9.93. The average molecular weight is 730 g/mol. The number of hydrogen-bond donors (Lipinski definition) is 0. The van der Waals surface area contributed by atoms with Crippen molar-refractivity contribution in [2.45, 2.75) is 0 Å². The Kier molecular flexibility index (Phi) is 7.75. The second-order valence-corrected chi connectivity index (χ2v) is 15.6. The van der Waals surface area contributed by atoms with Crippen LogP contribution in [0.1, 0.15) is 0 Å². The molecule has 11 rings (SSSR count). The third-order valence-electron chi connectivity index (χ3n) is 11.2. The summed E-state index contributed by atoms with van der Waals surface area (Å²) in [4.78, 5) is 2.40. The highest BCUT2D eigenvalue weighted by atomic mass is 32.1. The molecule has 0 unspecified atom stereocenters. The van der Waals surface area contributed by atoms with Crippen molar-refractivity contribution in [2.24, 2.45) is 0 Å². The van der Waals surface area contributed by atoms with Crippen LogP contribution in [0.4, 0.5) is 17.1 Å². The highest BCUT2D eigenvalue weighted by Gasteiger charge is 2.17. The van der Waals surface area contributed by atoms with Gasteiger partial charge in [-0.05, 0) is 132 Å². The molecule has 2 heteroatoms. The predicted octanol–water partition coefficient (Wildman–Crippen LogP) is 16.0. The molecule has 0 saturated heterocycles. The first kappa shape index (κ1) is 32.4. The van der Waals surface area contributed by atoms with Crippen molar-refractivity contribution >= 4 is 80.9 Å². The standard InChI is InChI=1S/C54H35NS/c1-2-12-38-31-40(24-23-36(38)11-1)39-14-9-16-45(32-39)55(44-28-25-37(26-29-44)41-27-30-54-52(34-41)50-21-7-8-22-53(50)56-54)46-17-10-15-42(33-46)51-35-43-13-3-4-18-47(43)48-19-5-6-20-49(48)51/h1-35H. The lowest BCUT2D eigenvalue weighted by molar-refractivity contribution is 1.28. The molecule has 0 atom stereocenters. The monoisotopic (exact) mass is 729 g/mol. The van der Waals surface area contributed by atoms with Crippen LogP contribution in [-0.4, -0.2) is 0 Å². The first-order chi connectivity index (χ1) is 27.7. The van der Waals surface area contributed by atoms with Crippen molar-refractivity contribution in [3.63, 3.8) is 0 Å². The van der Waals surface area contributed by atoms with Crippen molar-refractivity contribution in [3.8, 4) is 33.4 Å². The molecule has 0 fully saturated rings. The number of rotatable bonds is 6. The van der Waals surface area contributed by atoms with Crippen molar-refractivity contribution in [1.82, 2.24) is 0 Å². The van der Waals surface area contributed by atoms with Crippen LogP contribution in [0.3, 0.4) is 0 Å². The molecule has 1 heterocycles. The number of nitrogens with zero attached hydrogens (tertiary/aromatic N) is 1. The molecule has 56 heavy (non-hydrogen) atoms. The lowest BCUT2D eigenvalue weighted by Gasteiger charge is -2.27. The summed E-state index contributed by atoms with van der Waals surface area (Å²) in [5.41, 5.74) is 10.5. The van der Waals surface area contributed by atoms with Gasteiger partial charge in [0.1, 0.15) is 0 Å². The van der Waals surface area contributed by atoms with E-state index in [0.717, 1.165) is 17.1 Å². The highest BCUT2D eigenvalue weighted by Crippen LogP contribution is 2.42. The summed E-state index contributed by atoms with van der Waals surface area (Å²) in [6.07, 6.45) is 0. The molecule has 0 bridgehead atoms. The van der Waals surface area contributed by atoms with Crippen LogP contribution < -0.4 is 4.90 Å². The van der Waals surface area contributed by atoms with Gasteiger partial charge in [-0.2, -0.15) is 0 Å². The van der Waals surface area contributed by atoms with Crippen LogP contribution in [0.2, 0.25) is 0 Å². The topological polar surface area (TPSA) is 3.24 Å². The van der Waals surface area contributed by atoms with Gasteiger partial charge in [-0.15, -0.1) is 11.3 Å². The summed E-state index contributed by atoms with van der Waals surface area (Å²) in [6, 6.07) is 77.9. The first-order valence-corrected chi connectivity index (χ1v) is 20.0.